The van der Waals surface area contributed by atoms with Crippen LogP contribution < -0.4 is 5.73 Å². The van der Waals surface area contributed by atoms with Crippen molar-refractivity contribution in [1.29, 1.82) is 0 Å². The molecule has 0 bridgehead atoms. The third-order valence-electron chi connectivity index (χ3n) is 5.54. The van der Waals surface area contributed by atoms with Gasteiger partial charge in [-0.3, -0.25) is 4.79 Å². The number of ether oxygens (including phenoxy) is 2. The number of aromatic nitrogens is 4. The second kappa shape index (κ2) is 7.64. The zero-order chi connectivity index (χ0) is 22.5. The first-order chi connectivity index (χ1) is 15.3. The van der Waals surface area contributed by atoms with Gasteiger partial charge in [0, 0.05) is 17.5 Å². The number of rotatable bonds is 2. The Balaban J connectivity index is 1.48. The van der Waals surface area contributed by atoms with Gasteiger partial charge in [0.15, 0.2) is 5.69 Å². The van der Waals surface area contributed by atoms with E-state index in [0.717, 1.165) is 22.6 Å². The largest absolute Gasteiger partial charge is 0.435 e. The standard InChI is InChI=1S/C20H17F3N6O3/c21-20(22,23)17-2-1-13(27-28-17)16-9-31-4-3-29(16)19(30)14-5-10-11-7-32-8-12(11)18(24)26-15(10)6-25-14/h1-2,5-6,16H,3-4,7-9H2,(H2,24,26)/t16-/m1/s1. The summed E-state index contributed by atoms with van der Waals surface area (Å²) in [5, 5.41) is 7.69. The van der Waals surface area contributed by atoms with Crippen LogP contribution >= 0.6 is 0 Å². The quantitative estimate of drug-likeness (QED) is 0.637. The molecule has 5 rings (SSSR count). The first kappa shape index (κ1) is 20.5. The predicted molar refractivity (Wildman–Crippen MR) is 104 cm³/mol. The van der Waals surface area contributed by atoms with Crippen molar-refractivity contribution >= 4 is 22.6 Å². The maximum atomic E-state index is 13.3. The average molecular weight is 446 g/mol. The number of amides is 1. The molecular weight excluding hydrogens is 429 g/mol. The maximum Gasteiger partial charge on any atom is 0.435 e. The van der Waals surface area contributed by atoms with Gasteiger partial charge in [-0.25, -0.2) is 9.97 Å². The fourth-order valence-corrected chi connectivity index (χ4v) is 3.90. The summed E-state index contributed by atoms with van der Waals surface area (Å²) >= 11 is 0. The van der Waals surface area contributed by atoms with Gasteiger partial charge in [-0.1, -0.05) is 0 Å². The highest BCUT2D eigenvalue weighted by molar-refractivity contribution is 5.97. The van der Waals surface area contributed by atoms with E-state index >= 15 is 0 Å². The minimum atomic E-state index is -4.60. The number of alkyl halides is 3. The van der Waals surface area contributed by atoms with Crippen LogP contribution in [0.1, 0.15) is 39.0 Å². The molecule has 0 spiro atoms. The summed E-state index contributed by atoms with van der Waals surface area (Å²) < 4.78 is 49.4. The molecule has 166 valence electrons. The molecule has 32 heavy (non-hydrogen) atoms. The van der Waals surface area contributed by atoms with Crippen LogP contribution in [0.2, 0.25) is 0 Å². The summed E-state index contributed by atoms with van der Waals surface area (Å²) in [5.74, 6) is -0.0219. The molecule has 2 aliphatic rings. The van der Waals surface area contributed by atoms with Crippen molar-refractivity contribution in [3.05, 3.63) is 52.6 Å². The number of carbonyl (C=O) groups is 1. The van der Waals surface area contributed by atoms with Crippen LogP contribution in [0.4, 0.5) is 19.0 Å². The molecule has 1 atom stereocenters. The predicted octanol–water partition coefficient (Wildman–Crippen LogP) is 2.26. The Morgan fingerprint density at radius 2 is 1.97 bits per heavy atom. The Labute approximate surface area is 179 Å². The molecule has 0 unspecified atom stereocenters. The van der Waals surface area contributed by atoms with E-state index in [4.69, 9.17) is 15.2 Å². The molecule has 0 aliphatic carbocycles. The normalized spacial score (nSPS) is 18.7. The minimum absolute atomic E-state index is 0.0840. The van der Waals surface area contributed by atoms with Crippen LogP contribution in [0.25, 0.3) is 10.9 Å². The van der Waals surface area contributed by atoms with Crippen molar-refractivity contribution in [3.8, 4) is 0 Å². The number of hydrogen-bond acceptors (Lipinski definition) is 8. The van der Waals surface area contributed by atoms with Crippen LogP contribution in [0.15, 0.2) is 24.4 Å². The summed E-state index contributed by atoms with van der Waals surface area (Å²) in [5.41, 5.74) is 7.48. The minimum Gasteiger partial charge on any atom is -0.383 e. The molecule has 3 aromatic rings. The van der Waals surface area contributed by atoms with E-state index in [2.05, 4.69) is 20.2 Å². The SMILES string of the molecule is Nc1nc2cnc(C(=O)N3CCOC[C@@H]3c3ccc(C(F)(F)F)nn3)cc2c2c1COC2. The lowest BCUT2D eigenvalue weighted by Gasteiger charge is -2.34. The molecule has 0 aromatic carbocycles. The van der Waals surface area contributed by atoms with Gasteiger partial charge < -0.3 is 20.1 Å². The van der Waals surface area contributed by atoms with Crippen molar-refractivity contribution in [1.82, 2.24) is 25.1 Å². The van der Waals surface area contributed by atoms with Crippen LogP contribution in [0.5, 0.6) is 0 Å². The molecule has 12 heteroatoms. The van der Waals surface area contributed by atoms with Crippen LogP contribution in [-0.4, -0.2) is 50.7 Å². The maximum absolute atomic E-state index is 13.3. The Bertz CT molecular complexity index is 1200. The number of nitrogens with two attached hydrogens (primary N) is 1. The molecule has 0 saturated carbocycles. The number of anilines is 1. The van der Waals surface area contributed by atoms with Crippen molar-refractivity contribution in [3.63, 3.8) is 0 Å². The van der Waals surface area contributed by atoms with E-state index in [9.17, 15) is 18.0 Å². The third kappa shape index (κ3) is 3.50. The first-order valence-corrected chi connectivity index (χ1v) is 9.77. The molecule has 1 amide bonds. The second-order valence-corrected chi connectivity index (χ2v) is 7.46. The van der Waals surface area contributed by atoms with E-state index < -0.39 is 23.8 Å². The number of carbonyl (C=O) groups excluding carboxylic acids is 1. The van der Waals surface area contributed by atoms with Crippen LogP contribution in [0.3, 0.4) is 0 Å². The summed E-state index contributed by atoms with van der Waals surface area (Å²) in [7, 11) is 0. The second-order valence-electron chi connectivity index (χ2n) is 7.46. The van der Waals surface area contributed by atoms with Gasteiger partial charge in [0.05, 0.1) is 49.9 Å². The number of morpholine rings is 1. The van der Waals surface area contributed by atoms with E-state index in [0.29, 0.717) is 24.5 Å². The highest BCUT2D eigenvalue weighted by atomic mass is 19.4. The number of halogens is 3. The fraction of sp³-hybridized carbons (Fsp3) is 0.350. The lowest BCUT2D eigenvalue weighted by molar-refractivity contribution is -0.141. The van der Waals surface area contributed by atoms with Crippen molar-refractivity contribution in [2.75, 3.05) is 25.5 Å². The molecule has 3 aromatic heterocycles. The molecule has 0 radical (unpaired) electrons. The van der Waals surface area contributed by atoms with Gasteiger partial charge in [-0.2, -0.15) is 18.3 Å². The summed E-state index contributed by atoms with van der Waals surface area (Å²) in [4.78, 5) is 23.4. The lowest BCUT2D eigenvalue weighted by Crippen LogP contribution is -2.44. The summed E-state index contributed by atoms with van der Waals surface area (Å²) in [6.45, 7) is 1.31. The Morgan fingerprint density at radius 3 is 2.72 bits per heavy atom. The molecule has 2 aliphatic heterocycles. The average Bonchev–Trinajstić information content (AvgIpc) is 3.29. The monoisotopic (exact) mass is 446 g/mol. The van der Waals surface area contributed by atoms with E-state index in [1.165, 1.54) is 17.2 Å². The van der Waals surface area contributed by atoms with Gasteiger partial charge in [-0.05, 0) is 23.8 Å². The lowest BCUT2D eigenvalue weighted by atomic mass is 10.0. The number of pyridine rings is 2. The number of nitrogen functional groups attached to an aromatic ring is 1. The first-order valence-electron chi connectivity index (χ1n) is 9.77. The Hall–Kier alpha value is -3.38. The number of hydrogen-bond donors (Lipinski definition) is 1. The zero-order valence-corrected chi connectivity index (χ0v) is 16.6. The van der Waals surface area contributed by atoms with E-state index in [-0.39, 0.29) is 31.1 Å². The summed E-state index contributed by atoms with van der Waals surface area (Å²) in [6, 6.07) is 3.00. The molecule has 1 fully saturated rings. The highest BCUT2D eigenvalue weighted by Gasteiger charge is 2.35. The van der Waals surface area contributed by atoms with Gasteiger partial charge in [0.1, 0.15) is 11.5 Å². The Kier molecular flexibility index (Phi) is 4.90. The smallest absolute Gasteiger partial charge is 0.383 e. The summed E-state index contributed by atoms with van der Waals surface area (Å²) in [6.07, 6.45) is -3.12. The van der Waals surface area contributed by atoms with Crippen molar-refractivity contribution in [2.24, 2.45) is 0 Å². The van der Waals surface area contributed by atoms with Crippen molar-refractivity contribution in [2.45, 2.75) is 25.4 Å². The van der Waals surface area contributed by atoms with Gasteiger partial charge in [0.25, 0.3) is 5.91 Å². The fourth-order valence-electron chi connectivity index (χ4n) is 3.90. The topological polar surface area (TPSA) is 116 Å². The molecule has 9 nitrogen and oxygen atoms in total. The van der Waals surface area contributed by atoms with Gasteiger partial charge in [0.2, 0.25) is 0 Å². The molecule has 5 heterocycles. The molecule has 2 N–H and O–H groups in total. The number of fused-ring (bicyclic) bond motifs is 3. The van der Waals surface area contributed by atoms with Crippen molar-refractivity contribution < 1.29 is 27.4 Å². The van der Waals surface area contributed by atoms with Crippen LogP contribution in [-0.2, 0) is 28.9 Å². The Morgan fingerprint density at radius 1 is 1.16 bits per heavy atom. The third-order valence-corrected chi connectivity index (χ3v) is 5.54. The van der Waals surface area contributed by atoms with E-state index in [1.807, 2.05) is 0 Å². The van der Waals surface area contributed by atoms with E-state index in [1.54, 1.807) is 6.07 Å². The van der Waals surface area contributed by atoms with Crippen LogP contribution in [0, 0.1) is 0 Å². The molecule has 1 saturated heterocycles. The van der Waals surface area contributed by atoms with Gasteiger partial charge in [-0.15, -0.1) is 5.10 Å². The number of nitrogens with zero attached hydrogens (tertiary/aromatic N) is 5. The highest BCUT2D eigenvalue weighted by Crippen LogP contribution is 2.32. The zero-order valence-electron chi connectivity index (χ0n) is 16.6. The van der Waals surface area contributed by atoms with Gasteiger partial charge >= 0.3 is 6.18 Å². The molecular formula is C20H17F3N6O3.